The van der Waals surface area contributed by atoms with Gasteiger partial charge in [0.2, 0.25) is 0 Å². The zero-order chi connectivity index (χ0) is 10.1. The number of rotatable bonds is 1. The van der Waals surface area contributed by atoms with Crippen molar-refractivity contribution in [3.63, 3.8) is 0 Å². The molecule has 0 bridgehead atoms. The predicted octanol–water partition coefficient (Wildman–Crippen LogP) is 0.745. The maximum atomic E-state index is 11.2. The van der Waals surface area contributed by atoms with Crippen LogP contribution in [0.1, 0.15) is 5.56 Å². The lowest BCUT2D eigenvalue weighted by molar-refractivity contribution is -0.147. The summed E-state index contributed by atoms with van der Waals surface area (Å²) in [6.07, 6.45) is -0.00718. The van der Waals surface area contributed by atoms with Gasteiger partial charge in [0, 0.05) is 12.0 Å². The van der Waals surface area contributed by atoms with Crippen molar-refractivity contribution < 1.29 is 14.3 Å². The fraction of sp³-hybridized carbons (Fsp3) is 0.300. The minimum absolute atomic E-state index is 0.361. The number of nitrogen functional groups attached to an aromatic ring is 1. The Morgan fingerprint density at radius 3 is 3.07 bits per heavy atom. The first kappa shape index (κ1) is 8.87. The monoisotopic (exact) mass is 193 g/mol. The SMILES string of the molecule is COC(=O)C1Cc2cccc(N)c2O1. The van der Waals surface area contributed by atoms with E-state index in [0.717, 1.165) is 5.56 Å². The van der Waals surface area contributed by atoms with E-state index in [0.29, 0.717) is 17.9 Å². The predicted molar refractivity (Wildman–Crippen MR) is 51.0 cm³/mol. The quantitative estimate of drug-likeness (QED) is 0.528. The summed E-state index contributed by atoms with van der Waals surface area (Å²) in [4.78, 5) is 11.2. The average molecular weight is 193 g/mol. The Hall–Kier alpha value is -1.71. The molecular weight excluding hydrogens is 182 g/mol. The molecule has 0 amide bonds. The van der Waals surface area contributed by atoms with E-state index in [9.17, 15) is 4.79 Å². The van der Waals surface area contributed by atoms with Gasteiger partial charge in [-0.05, 0) is 6.07 Å². The van der Waals surface area contributed by atoms with E-state index in [2.05, 4.69) is 4.74 Å². The van der Waals surface area contributed by atoms with Crippen molar-refractivity contribution in [3.05, 3.63) is 23.8 Å². The van der Waals surface area contributed by atoms with Crippen molar-refractivity contribution in [1.29, 1.82) is 0 Å². The standard InChI is InChI=1S/C10H11NO3/c1-13-10(12)8-5-6-3-2-4-7(11)9(6)14-8/h2-4,8H,5,11H2,1H3. The van der Waals surface area contributed by atoms with Crippen LogP contribution in [0, 0.1) is 0 Å². The second-order valence-corrected chi connectivity index (χ2v) is 3.17. The van der Waals surface area contributed by atoms with Crippen LogP contribution in [-0.2, 0) is 16.0 Å². The number of fused-ring (bicyclic) bond motifs is 1. The third-order valence-electron chi connectivity index (χ3n) is 2.26. The fourth-order valence-electron chi connectivity index (χ4n) is 1.56. The van der Waals surface area contributed by atoms with E-state index in [1.807, 2.05) is 12.1 Å². The molecule has 14 heavy (non-hydrogen) atoms. The van der Waals surface area contributed by atoms with Crippen LogP contribution in [0.3, 0.4) is 0 Å². The molecule has 74 valence electrons. The number of hydrogen-bond donors (Lipinski definition) is 1. The van der Waals surface area contributed by atoms with Gasteiger partial charge in [0.1, 0.15) is 5.75 Å². The van der Waals surface area contributed by atoms with Crippen LogP contribution in [0.4, 0.5) is 5.69 Å². The number of esters is 1. The number of methoxy groups -OCH3 is 1. The number of anilines is 1. The van der Waals surface area contributed by atoms with E-state index in [4.69, 9.17) is 10.5 Å². The Kier molecular flexibility index (Phi) is 2.04. The Morgan fingerprint density at radius 2 is 2.43 bits per heavy atom. The number of para-hydroxylation sites is 1. The Morgan fingerprint density at radius 1 is 1.64 bits per heavy atom. The second kappa shape index (κ2) is 3.21. The Balaban J connectivity index is 2.26. The van der Waals surface area contributed by atoms with Crippen molar-refractivity contribution in [2.45, 2.75) is 12.5 Å². The van der Waals surface area contributed by atoms with Crippen molar-refractivity contribution in [2.24, 2.45) is 0 Å². The second-order valence-electron chi connectivity index (χ2n) is 3.17. The molecule has 4 nitrogen and oxygen atoms in total. The molecule has 0 fully saturated rings. The van der Waals surface area contributed by atoms with Crippen LogP contribution in [0.25, 0.3) is 0 Å². The first-order chi connectivity index (χ1) is 6.72. The van der Waals surface area contributed by atoms with Crippen LogP contribution < -0.4 is 10.5 Å². The summed E-state index contributed by atoms with van der Waals surface area (Å²) in [5.41, 5.74) is 7.22. The molecule has 0 saturated heterocycles. The zero-order valence-electron chi connectivity index (χ0n) is 7.82. The lowest BCUT2D eigenvalue weighted by Gasteiger charge is -2.08. The molecule has 0 spiro atoms. The summed E-state index contributed by atoms with van der Waals surface area (Å²) in [6, 6.07) is 5.49. The van der Waals surface area contributed by atoms with Crippen LogP contribution in [0.2, 0.25) is 0 Å². The molecule has 4 heteroatoms. The Bertz CT molecular complexity index is 376. The fourth-order valence-corrected chi connectivity index (χ4v) is 1.56. The van der Waals surface area contributed by atoms with Crippen molar-refractivity contribution in [2.75, 3.05) is 12.8 Å². The van der Waals surface area contributed by atoms with Crippen molar-refractivity contribution in [3.8, 4) is 5.75 Å². The molecule has 0 aromatic heterocycles. The normalized spacial score (nSPS) is 18.5. The molecule has 1 atom stereocenters. The number of ether oxygens (including phenoxy) is 2. The van der Waals surface area contributed by atoms with E-state index in [-0.39, 0.29) is 5.97 Å². The molecule has 1 aliphatic rings. The number of benzene rings is 1. The highest BCUT2D eigenvalue weighted by Crippen LogP contribution is 2.34. The van der Waals surface area contributed by atoms with Gasteiger partial charge in [0.15, 0.2) is 6.10 Å². The maximum Gasteiger partial charge on any atom is 0.347 e. The van der Waals surface area contributed by atoms with Crippen LogP contribution in [0.5, 0.6) is 5.75 Å². The molecule has 2 N–H and O–H groups in total. The summed E-state index contributed by atoms with van der Waals surface area (Å²) in [5, 5.41) is 0. The van der Waals surface area contributed by atoms with E-state index >= 15 is 0 Å². The van der Waals surface area contributed by atoms with Gasteiger partial charge < -0.3 is 15.2 Å². The van der Waals surface area contributed by atoms with Crippen LogP contribution in [-0.4, -0.2) is 19.2 Å². The lowest BCUT2D eigenvalue weighted by Crippen LogP contribution is -2.26. The first-order valence-electron chi connectivity index (χ1n) is 4.34. The third-order valence-corrected chi connectivity index (χ3v) is 2.26. The van der Waals surface area contributed by atoms with Gasteiger partial charge in [-0.15, -0.1) is 0 Å². The van der Waals surface area contributed by atoms with Gasteiger partial charge in [0.05, 0.1) is 12.8 Å². The highest BCUT2D eigenvalue weighted by Gasteiger charge is 2.30. The molecular formula is C10H11NO3. The van der Waals surface area contributed by atoms with E-state index < -0.39 is 6.10 Å². The highest BCUT2D eigenvalue weighted by atomic mass is 16.6. The van der Waals surface area contributed by atoms with Crippen molar-refractivity contribution in [1.82, 2.24) is 0 Å². The summed E-state index contributed by atoms with van der Waals surface area (Å²) in [6.45, 7) is 0. The summed E-state index contributed by atoms with van der Waals surface area (Å²) in [7, 11) is 1.35. The third kappa shape index (κ3) is 1.28. The topological polar surface area (TPSA) is 61.5 Å². The largest absolute Gasteiger partial charge is 0.476 e. The van der Waals surface area contributed by atoms with Gasteiger partial charge in [-0.3, -0.25) is 0 Å². The summed E-state index contributed by atoms with van der Waals surface area (Å²) >= 11 is 0. The number of carbonyl (C=O) groups is 1. The van der Waals surface area contributed by atoms with Gasteiger partial charge in [-0.1, -0.05) is 12.1 Å². The molecule has 1 unspecified atom stereocenters. The molecule has 1 aromatic rings. The van der Waals surface area contributed by atoms with Crippen LogP contribution in [0.15, 0.2) is 18.2 Å². The van der Waals surface area contributed by atoms with E-state index in [1.54, 1.807) is 6.07 Å². The lowest BCUT2D eigenvalue weighted by atomic mass is 10.1. The van der Waals surface area contributed by atoms with E-state index in [1.165, 1.54) is 7.11 Å². The number of nitrogens with two attached hydrogens (primary N) is 1. The minimum atomic E-state index is -0.542. The van der Waals surface area contributed by atoms with Crippen LogP contribution >= 0.6 is 0 Å². The summed E-state index contributed by atoms with van der Waals surface area (Å²) in [5.74, 6) is 0.253. The molecule has 2 rings (SSSR count). The highest BCUT2D eigenvalue weighted by molar-refractivity contribution is 5.78. The smallest absolute Gasteiger partial charge is 0.347 e. The Labute approximate surface area is 81.6 Å². The molecule has 1 aromatic carbocycles. The number of hydrogen-bond acceptors (Lipinski definition) is 4. The number of carbonyl (C=O) groups excluding carboxylic acids is 1. The van der Waals surface area contributed by atoms with Gasteiger partial charge in [-0.2, -0.15) is 0 Å². The molecule has 1 aliphatic heterocycles. The average Bonchev–Trinajstić information content (AvgIpc) is 2.62. The molecule has 1 heterocycles. The molecule has 0 saturated carbocycles. The van der Waals surface area contributed by atoms with Crippen molar-refractivity contribution >= 4 is 11.7 Å². The first-order valence-corrected chi connectivity index (χ1v) is 4.34. The molecule has 0 aliphatic carbocycles. The van der Waals surface area contributed by atoms with Gasteiger partial charge >= 0.3 is 5.97 Å². The van der Waals surface area contributed by atoms with Gasteiger partial charge in [-0.25, -0.2) is 4.79 Å². The molecule has 0 radical (unpaired) electrons. The van der Waals surface area contributed by atoms with Gasteiger partial charge in [0.25, 0.3) is 0 Å². The maximum absolute atomic E-state index is 11.2. The zero-order valence-corrected chi connectivity index (χ0v) is 7.82. The summed E-state index contributed by atoms with van der Waals surface area (Å²) < 4.78 is 9.99. The minimum Gasteiger partial charge on any atom is -0.476 e.